The van der Waals surface area contributed by atoms with Crippen LogP contribution in [0, 0.1) is 13.8 Å². The van der Waals surface area contributed by atoms with Crippen LogP contribution in [0.4, 0.5) is 0 Å². The number of hydrogen-bond acceptors (Lipinski definition) is 5. The number of aromatic hydroxyl groups is 1. The third-order valence-electron chi connectivity index (χ3n) is 6.81. The number of sulfone groups is 1. The minimum Gasteiger partial charge on any atom is -0.507 e. The van der Waals surface area contributed by atoms with Crippen molar-refractivity contribution in [3.05, 3.63) is 69.9 Å². The maximum absolute atomic E-state index is 13.6. The maximum atomic E-state index is 13.6. The summed E-state index contributed by atoms with van der Waals surface area (Å²) in [6.07, 6.45) is 1.31. The summed E-state index contributed by atoms with van der Waals surface area (Å²) in [5, 5.41) is 18.2. The van der Waals surface area contributed by atoms with Crippen molar-refractivity contribution in [3.63, 3.8) is 0 Å². The van der Waals surface area contributed by atoms with Gasteiger partial charge in [-0.2, -0.15) is 5.10 Å². The second-order valence-electron chi connectivity index (χ2n) is 9.11. The molecule has 7 nitrogen and oxygen atoms in total. The average Bonchev–Trinajstić information content (AvgIpc) is 3.44. The van der Waals surface area contributed by atoms with E-state index in [2.05, 4.69) is 17.1 Å². The summed E-state index contributed by atoms with van der Waals surface area (Å²) in [4.78, 5) is 15.3. The normalized spacial score (nSPS) is 21.5. The quantitative estimate of drug-likeness (QED) is 0.612. The Labute approximate surface area is 193 Å². The average molecular weight is 466 g/mol. The molecule has 2 aliphatic heterocycles. The Morgan fingerprint density at radius 1 is 1.18 bits per heavy atom. The van der Waals surface area contributed by atoms with Gasteiger partial charge in [-0.25, -0.2) is 8.42 Å². The first-order valence-corrected chi connectivity index (χ1v) is 13.0. The molecule has 3 heterocycles. The lowest BCUT2D eigenvalue weighted by molar-refractivity contribution is 0.0677. The van der Waals surface area contributed by atoms with Crippen molar-refractivity contribution in [1.82, 2.24) is 15.1 Å². The number of benzene rings is 2. The standard InChI is InChI=1S/C25H27N3O4S/c1-4-16-5-7-17(8-6-16)23-20-21(19-12-14(2)11-15(3)24(19)29)26-27-22(20)25(30)28(23)18-9-10-33(31,32)13-18/h5-8,11-12,18,23,29H,4,9-10,13H2,1-3H3,(H,26,27). The van der Waals surface area contributed by atoms with Gasteiger partial charge in [0, 0.05) is 17.2 Å². The van der Waals surface area contributed by atoms with Gasteiger partial charge in [0.25, 0.3) is 5.91 Å². The molecule has 0 spiro atoms. The predicted octanol–water partition coefficient (Wildman–Crippen LogP) is 3.69. The molecule has 8 heteroatoms. The zero-order valence-corrected chi connectivity index (χ0v) is 19.7. The first-order chi connectivity index (χ1) is 15.7. The molecular formula is C25H27N3O4S. The highest BCUT2D eigenvalue weighted by Crippen LogP contribution is 2.47. The van der Waals surface area contributed by atoms with E-state index in [1.807, 2.05) is 50.2 Å². The van der Waals surface area contributed by atoms with Gasteiger partial charge in [0.2, 0.25) is 0 Å². The molecule has 0 aliphatic carbocycles. The molecule has 0 radical (unpaired) electrons. The van der Waals surface area contributed by atoms with E-state index >= 15 is 0 Å². The van der Waals surface area contributed by atoms with Crippen molar-refractivity contribution in [2.45, 2.75) is 45.7 Å². The molecule has 2 unspecified atom stereocenters. The second kappa shape index (κ2) is 7.73. The number of phenols is 1. The molecule has 172 valence electrons. The number of phenolic OH excluding ortho intramolecular Hbond substituents is 1. The summed E-state index contributed by atoms with van der Waals surface area (Å²) in [5.74, 6) is -0.0761. The molecule has 33 heavy (non-hydrogen) atoms. The van der Waals surface area contributed by atoms with Crippen molar-refractivity contribution in [2.24, 2.45) is 0 Å². The molecule has 5 rings (SSSR count). The van der Waals surface area contributed by atoms with Gasteiger partial charge in [0.05, 0.1) is 17.5 Å². The Bertz CT molecular complexity index is 1360. The lowest BCUT2D eigenvalue weighted by Crippen LogP contribution is -2.40. The fourth-order valence-electron chi connectivity index (χ4n) is 5.15. The van der Waals surface area contributed by atoms with E-state index in [0.29, 0.717) is 28.9 Å². The number of fused-ring (bicyclic) bond motifs is 1. The van der Waals surface area contributed by atoms with Crippen LogP contribution in [0.1, 0.15) is 57.7 Å². The Morgan fingerprint density at radius 3 is 2.55 bits per heavy atom. The molecule has 2 aliphatic rings. The van der Waals surface area contributed by atoms with Crippen LogP contribution in [0.3, 0.4) is 0 Å². The third kappa shape index (κ3) is 3.53. The van der Waals surface area contributed by atoms with E-state index in [9.17, 15) is 18.3 Å². The number of rotatable bonds is 4. The number of aromatic nitrogens is 2. The molecule has 1 aromatic heterocycles. The second-order valence-corrected chi connectivity index (χ2v) is 11.3. The molecule has 1 saturated heterocycles. The Morgan fingerprint density at radius 2 is 1.91 bits per heavy atom. The van der Waals surface area contributed by atoms with E-state index in [0.717, 1.165) is 23.1 Å². The SMILES string of the molecule is CCc1ccc(C2c3c(-c4cc(C)cc(C)c4O)n[nH]c3C(=O)N2C2CCS(=O)(=O)C2)cc1. The zero-order valence-electron chi connectivity index (χ0n) is 18.9. The van der Waals surface area contributed by atoms with Crippen molar-refractivity contribution in [1.29, 1.82) is 0 Å². The van der Waals surface area contributed by atoms with Crippen molar-refractivity contribution >= 4 is 15.7 Å². The van der Waals surface area contributed by atoms with Gasteiger partial charge >= 0.3 is 0 Å². The first-order valence-electron chi connectivity index (χ1n) is 11.2. The number of carbonyl (C=O) groups excluding carboxylic acids is 1. The molecule has 1 amide bonds. The molecule has 0 saturated carbocycles. The zero-order chi connectivity index (χ0) is 23.5. The lowest BCUT2D eigenvalue weighted by Gasteiger charge is -2.31. The minimum absolute atomic E-state index is 0.0376. The summed E-state index contributed by atoms with van der Waals surface area (Å²) in [5.41, 5.74) is 5.92. The Kier molecular flexibility index (Phi) is 5.08. The fourth-order valence-corrected chi connectivity index (χ4v) is 6.86. The summed E-state index contributed by atoms with van der Waals surface area (Å²) in [6, 6.07) is 11.0. The number of nitrogens with one attached hydrogen (secondary N) is 1. The molecule has 2 atom stereocenters. The molecule has 1 fully saturated rings. The first kappa shape index (κ1) is 21.7. The van der Waals surface area contributed by atoms with Crippen molar-refractivity contribution < 1.29 is 18.3 Å². The van der Waals surface area contributed by atoms with Crippen LogP contribution in [0.5, 0.6) is 5.75 Å². The largest absolute Gasteiger partial charge is 0.507 e. The lowest BCUT2D eigenvalue weighted by atomic mass is 9.93. The van der Waals surface area contributed by atoms with Crippen LogP contribution in [0.25, 0.3) is 11.3 Å². The van der Waals surface area contributed by atoms with Gasteiger partial charge in [0.1, 0.15) is 17.1 Å². The van der Waals surface area contributed by atoms with E-state index < -0.39 is 21.9 Å². The summed E-state index contributed by atoms with van der Waals surface area (Å²) >= 11 is 0. The summed E-state index contributed by atoms with van der Waals surface area (Å²) in [7, 11) is -3.18. The molecule has 2 N–H and O–H groups in total. The van der Waals surface area contributed by atoms with Gasteiger partial charge in [-0.05, 0) is 55.0 Å². The third-order valence-corrected chi connectivity index (χ3v) is 8.56. The van der Waals surface area contributed by atoms with E-state index in [1.54, 1.807) is 4.90 Å². The van der Waals surface area contributed by atoms with Crippen molar-refractivity contribution in [2.75, 3.05) is 11.5 Å². The van der Waals surface area contributed by atoms with Crippen LogP contribution in [0.2, 0.25) is 0 Å². The Hall–Kier alpha value is -3.13. The van der Waals surface area contributed by atoms with Gasteiger partial charge < -0.3 is 10.0 Å². The van der Waals surface area contributed by atoms with Gasteiger partial charge in [0.15, 0.2) is 9.84 Å². The molecule has 2 aromatic carbocycles. The number of H-pyrrole nitrogens is 1. The number of hydrogen-bond donors (Lipinski definition) is 2. The fraction of sp³-hybridized carbons (Fsp3) is 0.360. The molecule has 0 bridgehead atoms. The van der Waals surface area contributed by atoms with E-state index in [-0.39, 0.29) is 23.2 Å². The van der Waals surface area contributed by atoms with E-state index in [1.165, 1.54) is 5.56 Å². The monoisotopic (exact) mass is 465 g/mol. The minimum atomic E-state index is -3.18. The smallest absolute Gasteiger partial charge is 0.273 e. The molecule has 3 aromatic rings. The van der Waals surface area contributed by atoms with E-state index in [4.69, 9.17) is 0 Å². The van der Waals surface area contributed by atoms with Gasteiger partial charge in [-0.3, -0.25) is 9.89 Å². The number of nitrogens with zero attached hydrogens (tertiary/aromatic N) is 2. The summed E-state index contributed by atoms with van der Waals surface area (Å²) < 4.78 is 24.5. The van der Waals surface area contributed by atoms with Crippen LogP contribution in [-0.4, -0.2) is 52.1 Å². The van der Waals surface area contributed by atoms with Crippen LogP contribution in [-0.2, 0) is 16.3 Å². The van der Waals surface area contributed by atoms with Crippen LogP contribution >= 0.6 is 0 Å². The van der Waals surface area contributed by atoms with Crippen LogP contribution in [0.15, 0.2) is 36.4 Å². The highest BCUT2D eigenvalue weighted by molar-refractivity contribution is 7.91. The van der Waals surface area contributed by atoms with Crippen LogP contribution < -0.4 is 0 Å². The van der Waals surface area contributed by atoms with Gasteiger partial charge in [-0.1, -0.05) is 37.3 Å². The number of amides is 1. The number of aryl methyl sites for hydroxylation is 3. The Balaban J connectivity index is 1.70. The maximum Gasteiger partial charge on any atom is 0.273 e. The number of carbonyl (C=O) groups is 1. The predicted molar refractivity (Wildman–Crippen MR) is 126 cm³/mol. The highest BCUT2D eigenvalue weighted by atomic mass is 32.2. The number of aromatic amines is 1. The topological polar surface area (TPSA) is 103 Å². The van der Waals surface area contributed by atoms with Crippen molar-refractivity contribution in [3.8, 4) is 17.0 Å². The highest BCUT2D eigenvalue weighted by Gasteiger charge is 2.48. The van der Waals surface area contributed by atoms with Gasteiger partial charge in [-0.15, -0.1) is 0 Å². The summed E-state index contributed by atoms with van der Waals surface area (Å²) in [6.45, 7) is 5.87. The molecular weight excluding hydrogens is 438 g/mol.